The van der Waals surface area contributed by atoms with Crippen molar-refractivity contribution in [1.29, 1.82) is 0 Å². The van der Waals surface area contributed by atoms with Crippen molar-refractivity contribution in [2.24, 2.45) is 17.8 Å². The first-order valence-electron chi connectivity index (χ1n) is 8.01. The third kappa shape index (κ3) is 3.96. The van der Waals surface area contributed by atoms with Crippen molar-refractivity contribution in [3.8, 4) is 0 Å². The van der Waals surface area contributed by atoms with Crippen LogP contribution in [0.5, 0.6) is 0 Å². The molecule has 1 N–H and O–H groups in total. The molecule has 1 aliphatic heterocycles. The highest BCUT2D eigenvalue weighted by molar-refractivity contribution is 4.85. The molecule has 18 heavy (non-hydrogen) atoms. The maximum absolute atomic E-state index is 6.17. The Morgan fingerprint density at radius 3 is 2.72 bits per heavy atom. The molecule has 2 heteroatoms. The van der Waals surface area contributed by atoms with Crippen LogP contribution in [-0.2, 0) is 4.74 Å². The van der Waals surface area contributed by atoms with Gasteiger partial charge in [0.15, 0.2) is 0 Å². The summed E-state index contributed by atoms with van der Waals surface area (Å²) in [6.07, 6.45) is 8.77. The van der Waals surface area contributed by atoms with Crippen LogP contribution in [0, 0.1) is 17.8 Å². The molecule has 0 amide bonds. The first-order chi connectivity index (χ1) is 8.66. The van der Waals surface area contributed by atoms with Gasteiger partial charge in [-0.25, -0.2) is 0 Å². The lowest BCUT2D eigenvalue weighted by Gasteiger charge is -2.40. The van der Waals surface area contributed by atoms with Crippen molar-refractivity contribution < 1.29 is 4.74 Å². The number of hydrogen-bond acceptors (Lipinski definition) is 2. The van der Waals surface area contributed by atoms with Crippen LogP contribution in [0.15, 0.2) is 0 Å². The second-order valence-electron chi connectivity index (χ2n) is 6.83. The van der Waals surface area contributed by atoms with Gasteiger partial charge in [0.25, 0.3) is 0 Å². The molecule has 0 bridgehead atoms. The first kappa shape index (κ1) is 14.3. The Balaban J connectivity index is 1.89. The summed E-state index contributed by atoms with van der Waals surface area (Å²) >= 11 is 0. The van der Waals surface area contributed by atoms with Crippen molar-refractivity contribution in [3.63, 3.8) is 0 Å². The van der Waals surface area contributed by atoms with Gasteiger partial charge in [-0.05, 0) is 43.4 Å². The Hall–Kier alpha value is -0.0800. The summed E-state index contributed by atoms with van der Waals surface area (Å²) in [7, 11) is 0. The maximum atomic E-state index is 6.17. The van der Waals surface area contributed by atoms with Gasteiger partial charge in [0.1, 0.15) is 0 Å². The lowest BCUT2D eigenvalue weighted by atomic mass is 9.74. The second-order valence-corrected chi connectivity index (χ2v) is 6.83. The molecule has 1 heterocycles. The highest BCUT2D eigenvalue weighted by atomic mass is 16.5. The fourth-order valence-electron chi connectivity index (χ4n) is 3.77. The minimum absolute atomic E-state index is 0.535. The molecule has 1 aliphatic carbocycles. The predicted molar refractivity (Wildman–Crippen MR) is 76.7 cm³/mol. The van der Waals surface area contributed by atoms with Gasteiger partial charge in [-0.1, -0.05) is 33.6 Å². The minimum Gasteiger partial charge on any atom is -0.378 e. The van der Waals surface area contributed by atoms with Gasteiger partial charge in [0, 0.05) is 19.2 Å². The first-order valence-corrected chi connectivity index (χ1v) is 8.01. The normalized spacial score (nSPS) is 38.0. The van der Waals surface area contributed by atoms with E-state index in [1.54, 1.807) is 0 Å². The molecule has 2 aliphatic rings. The van der Waals surface area contributed by atoms with Gasteiger partial charge in [0.2, 0.25) is 0 Å². The van der Waals surface area contributed by atoms with Gasteiger partial charge >= 0.3 is 0 Å². The van der Waals surface area contributed by atoms with Crippen molar-refractivity contribution in [2.75, 3.05) is 13.2 Å². The van der Waals surface area contributed by atoms with E-state index in [1.807, 2.05) is 0 Å². The summed E-state index contributed by atoms with van der Waals surface area (Å²) in [4.78, 5) is 0. The smallest absolute Gasteiger partial charge is 0.0643 e. The highest BCUT2D eigenvalue weighted by Crippen LogP contribution is 2.37. The molecule has 0 aromatic rings. The molecule has 0 aromatic carbocycles. The molecule has 1 saturated carbocycles. The van der Waals surface area contributed by atoms with E-state index in [9.17, 15) is 0 Å². The molecule has 2 fully saturated rings. The van der Waals surface area contributed by atoms with Crippen LogP contribution in [0.2, 0.25) is 0 Å². The minimum atomic E-state index is 0.535. The molecule has 2 nitrogen and oxygen atoms in total. The third-order valence-corrected chi connectivity index (χ3v) is 4.72. The van der Waals surface area contributed by atoms with Gasteiger partial charge in [0.05, 0.1) is 6.10 Å². The highest BCUT2D eigenvalue weighted by Gasteiger charge is 2.34. The summed E-state index contributed by atoms with van der Waals surface area (Å²) < 4.78 is 6.17. The zero-order valence-corrected chi connectivity index (χ0v) is 12.5. The van der Waals surface area contributed by atoms with E-state index >= 15 is 0 Å². The summed E-state index contributed by atoms with van der Waals surface area (Å²) in [6.45, 7) is 9.03. The van der Waals surface area contributed by atoms with Crippen LogP contribution in [0.3, 0.4) is 0 Å². The zero-order chi connectivity index (χ0) is 13.0. The zero-order valence-electron chi connectivity index (χ0n) is 12.5. The molecule has 0 spiro atoms. The quantitative estimate of drug-likeness (QED) is 0.826. The van der Waals surface area contributed by atoms with Crippen molar-refractivity contribution in [2.45, 2.75) is 71.4 Å². The molecular formula is C16H31NO. The lowest BCUT2D eigenvalue weighted by molar-refractivity contribution is -0.0722. The molecule has 2 rings (SSSR count). The Kier molecular flexibility index (Phi) is 5.50. The van der Waals surface area contributed by atoms with Gasteiger partial charge < -0.3 is 10.1 Å². The third-order valence-electron chi connectivity index (χ3n) is 4.72. The summed E-state index contributed by atoms with van der Waals surface area (Å²) in [5.74, 6) is 2.48. The van der Waals surface area contributed by atoms with Gasteiger partial charge in [-0.3, -0.25) is 0 Å². The number of rotatable bonds is 4. The molecule has 0 radical (unpaired) electrons. The molecule has 106 valence electrons. The van der Waals surface area contributed by atoms with E-state index in [-0.39, 0.29) is 0 Å². The van der Waals surface area contributed by atoms with E-state index in [4.69, 9.17) is 4.74 Å². The lowest BCUT2D eigenvalue weighted by Crippen LogP contribution is -2.43. The predicted octanol–water partition coefficient (Wildman–Crippen LogP) is 3.61. The van der Waals surface area contributed by atoms with Crippen LogP contribution in [0.1, 0.15) is 59.3 Å². The monoisotopic (exact) mass is 253 g/mol. The van der Waals surface area contributed by atoms with Gasteiger partial charge in [-0.2, -0.15) is 0 Å². The van der Waals surface area contributed by atoms with E-state index in [2.05, 4.69) is 26.1 Å². The van der Waals surface area contributed by atoms with E-state index in [0.29, 0.717) is 12.1 Å². The van der Waals surface area contributed by atoms with Crippen molar-refractivity contribution in [1.82, 2.24) is 5.32 Å². The molecule has 4 unspecified atom stereocenters. The fourth-order valence-corrected chi connectivity index (χ4v) is 3.77. The van der Waals surface area contributed by atoms with E-state index < -0.39 is 0 Å². The molecule has 0 aromatic heterocycles. The van der Waals surface area contributed by atoms with Crippen LogP contribution in [0.4, 0.5) is 0 Å². The Morgan fingerprint density at radius 1 is 1.17 bits per heavy atom. The molecular weight excluding hydrogens is 222 g/mol. The average molecular weight is 253 g/mol. The van der Waals surface area contributed by atoms with Crippen LogP contribution in [0.25, 0.3) is 0 Å². The van der Waals surface area contributed by atoms with E-state index in [0.717, 1.165) is 30.9 Å². The standard InChI is InChI=1S/C16H31NO/c1-12(2)17-11-15-8-5-9-18-16(15)14-7-4-6-13(3)10-14/h12-17H,4-11H2,1-3H3. The number of nitrogens with one attached hydrogen (secondary N) is 1. The van der Waals surface area contributed by atoms with E-state index in [1.165, 1.54) is 38.5 Å². The number of ether oxygens (including phenoxy) is 1. The Bertz CT molecular complexity index is 241. The van der Waals surface area contributed by atoms with Crippen molar-refractivity contribution in [3.05, 3.63) is 0 Å². The molecule has 1 saturated heterocycles. The fraction of sp³-hybridized carbons (Fsp3) is 1.00. The Morgan fingerprint density at radius 2 is 2.00 bits per heavy atom. The van der Waals surface area contributed by atoms with Crippen molar-refractivity contribution >= 4 is 0 Å². The van der Waals surface area contributed by atoms with Crippen LogP contribution >= 0.6 is 0 Å². The summed E-state index contributed by atoms with van der Waals surface area (Å²) in [5.41, 5.74) is 0. The SMILES string of the molecule is CC1CCCC(C2OCCCC2CNC(C)C)C1. The number of hydrogen-bond donors (Lipinski definition) is 1. The van der Waals surface area contributed by atoms with Crippen LogP contribution < -0.4 is 5.32 Å². The summed E-state index contributed by atoms with van der Waals surface area (Å²) in [6, 6.07) is 0.595. The van der Waals surface area contributed by atoms with Gasteiger partial charge in [-0.15, -0.1) is 0 Å². The topological polar surface area (TPSA) is 21.3 Å². The Labute approximate surface area is 113 Å². The average Bonchev–Trinajstić information content (AvgIpc) is 2.36. The second kappa shape index (κ2) is 6.91. The summed E-state index contributed by atoms with van der Waals surface area (Å²) in [5, 5.41) is 3.62. The molecule has 4 atom stereocenters. The van der Waals surface area contributed by atoms with Crippen LogP contribution in [-0.4, -0.2) is 25.3 Å². The maximum Gasteiger partial charge on any atom is 0.0643 e. The largest absolute Gasteiger partial charge is 0.378 e.